The highest BCUT2D eigenvalue weighted by molar-refractivity contribution is 6.51. The first-order valence-electron chi connectivity index (χ1n) is 4.72. The van der Waals surface area contributed by atoms with E-state index < -0.39 is 0 Å². The first-order valence-corrected chi connectivity index (χ1v) is 4.72. The molecule has 3 rings (SSSR count). The number of hydrogen-bond donors (Lipinski definition) is 0. The molecule has 0 unspecified atom stereocenters. The second kappa shape index (κ2) is 3.30. The number of carbonyl (C=O) groups is 1. The molecule has 1 aromatic heterocycles. The fourth-order valence-electron chi connectivity index (χ4n) is 1.48. The van der Waals surface area contributed by atoms with Crippen LogP contribution in [0.1, 0.15) is 5.69 Å². The molecule has 0 saturated carbocycles. The van der Waals surface area contributed by atoms with Gasteiger partial charge in [0.2, 0.25) is 0 Å². The molecule has 1 aromatic rings. The molecule has 16 heavy (non-hydrogen) atoms. The molecule has 2 aliphatic heterocycles. The van der Waals surface area contributed by atoms with Gasteiger partial charge in [0, 0.05) is 12.4 Å². The van der Waals surface area contributed by atoms with E-state index in [9.17, 15) is 4.79 Å². The summed E-state index contributed by atoms with van der Waals surface area (Å²) >= 11 is 0. The number of hydrogen-bond acceptors (Lipinski definition) is 4. The van der Waals surface area contributed by atoms with Crippen LogP contribution >= 0.6 is 0 Å². The van der Waals surface area contributed by atoms with Crippen molar-refractivity contribution in [2.75, 3.05) is 0 Å². The van der Waals surface area contributed by atoms with E-state index in [2.05, 4.69) is 20.0 Å². The van der Waals surface area contributed by atoms with Crippen molar-refractivity contribution in [1.82, 2.24) is 4.98 Å². The van der Waals surface area contributed by atoms with E-state index in [1.54, 1.807) is 18.3 Å². The van der Waals surface area contributed by atoms with E-state index in [1.807, 2.05) is 12.1 Å². The minimum atomic E-state index is -0.354. The van der Waals surface area contributed by atoms with Crippen LogP contribution in [0.4, 0.5) is 0 Å². The van der Waals surface area contributed by atoms with Crippen LogP contribution in [0.3, 0.4) is 0 Å². The average Bonchev–Trinajstić information content (AvgIpc) is 2.76. The zero-order valence-corrected chi connectivity index (χ0v) is 8.16. The number of allylic oxidation sites excluding steroid dienone is 1. The quantitative estimate of drug-likeness (QED) is 0.687. The summed E-state index contributed by atoms with van der Waals surface area (Å²) in [6.45, 7) is 0. The first kappa shape index (κ1) is 8.84. The van der Waals surface area contributed by atoms with Crippen molar-refractivity contribution in [2.24, 2.45) is 15.0 Å². The van der Waals surface area contributed by atoms with Gasteiger partial charge in [0.05, 0.1) is 5.70 Å². The Morgan fingerprint density at radius 3 is 2.81 bits per heavy atom. The van der Waals surface area contributed by atoms with Crippen LogP contribution in [0.5, 0.6) is 0 Å². The third-order valence-electron chi connectivity index (χ3n) is 2.21. The number of amidine groups is 1. The van der Waals surface area contributed by atoms with E-state index in [-0.39, 0.29) is 5.91 Å². The van der Waals surface area contributed by atoms with Crippen LogP contribution < -0.4 is 0 Å². The lowest BCUT2D eigenvalue weighted by atomic mass is 10.2. The highest BCUT2D eigenvalue weighted by atomic mass is 16.1. The molecule has 0 aliphatic carbocycles. The van der Waals surface area contributed by atoms with Crippen molar-refractivity contribution in [3.8, 4) is 0 Å². The number of nitrogens with zero attached hydrogens (tertiary/aromatic N) is 4. The van der Waals surface area contributed by atoms with Crippen molar-refractivity contribution in [3.63, 3.8) is 0 Å². The molecule has 0 fully saturated rings. The molecule has 0 radical (unpaired) electrons. The predicted octanol–water partition coefficient (Wildman–Crippen LogP) is 0.778. The summed E-state index contributed by atoms with van der Waals surface area (Å²) in [4.78, 5) is 27.5. The molecule has 0 atom stereocenters. The van der Waals surface area contributed by atoms with Gasteiger partial charge < -0.3 is 0 Å². The maximum Gasteiger partial charge on any atom is 0.297 e. The number of aromatic nitrogens is 1. The van der Waals surface area contributed by atoms with Gasteiger partial charge >= 0.3 is 0 Å². The highest BCUT2D eigenvalue weighted by Gasteiger charge is 2.25. The lowest BCUT2D eigenvalue weighted by Crippen LogP contribution is -2.14. The van der Waals surface area contributed by atoms with Crippen LogP contribution in [0.2, 0.25) is 0 Å². The molecular weight excluding hydrogens is 204 g/mol. The Labute approximate surface area is 91.0 Å². The van der Waals surface area contributed by atoms with Crippen LogP contribution in [-0.2, 0) is 4.79 Å². The fraction of sp³-hybridized carbons (Fsp3) is 0. The minimum absolute atomic E-state index is 0.295. The van der Waals surface area contributed by atoms with Crippen molar-refractivity contribution in [3.05, 3.63) is 41.9 Å². The topological polar surface area (TPSA) is 67.0 Å². The van der Waals surface area contributed by atoms with Crippen LogP contribution in [0.25, 0.3) is 0 Å². The Kier molecular flexibility index (Phi) is 1.83. The van der Waals surface area contributed by atoms with Crippen LogP contribution in [0, 0.1) is 0 Å². The molecule has 76 valence electrons. The van der Waals surface area contributed by atoms with E-state index in [0.717, 1.165) is 0 Å². The monoisotopic (exact) mass is 210 g/mol. The summed E-state index contributed by atoms with van der Waals surface area (Å²) in [6, 6.07) is 5.46. The summed E-state index contributed by atoms with van der Waals surface area (Å²) in [6.07, 6.45) is 4.75. The Morgan fingerprint density at radius 1 is 1.12 bits per heavy atom. The van der Waals surface area contributed by atoms with Crippen LogP contribution in [-0.4, -0.2) is 28.7 Å². The molecule has 0 spiro atoms. The van der Waals surface area contributed by atoms with E-state index in [4.69, 9.17) is 0 Å². The number of fused-ring (bicyclic) bond motifs is 1. The summed E-state index contributed by atoms with van der Waals surface area (Å²) in [5.74, 6) is 0.105. The number of amides is 1. The molecule has 1 amide bonds. The molecular formula is C11H6N4O. The number of aliphatic imine (C=N–C) groups is 3. The minimum Gasteiger partial charge on any atom is -0.265 e. The Balaban J connectivity index is 2.06. The van der Waals surface area contributed by atoms with E-state index in [0.29, 0.717) is 22.9 Å². The third-order valence-corrected chi connectivity index (χ3v) is 2.21. The van der Waals surface area contributed by atoms with Gasteiger partial charge in [-0.1, -0.05) is 6.07 Å². The van der Waals surface area contributed by atoms with Crippen molar-refractivity contribution >= 4 is 23.7 Å². The highest BCUT2D eigenvalue weighted by Crippen LogP contribution is 2.16. The maximum atomic E-state index is 11.4. The SMILES string of the molecule is O=C1N=CC=C2N=C(c3ccccn3)N=C12. The predicted molar refractivity (Wildman–Crippen MR) is 59.8 cm³/mol. The second-order valence-corrected chi connectivity index (χ2v) is 3.25. The van der Waals surface area contributed by atoms with Gasteiger partial charge in [0.15, 0.2) is 11.5 Å². The van der Waals surface area contributed by atoms with E-state index in [1.165, 1.54) is 6.21 Å². The molecule has 0 N–H and O–H groups in total. The Hall–Kier alpha value is -2.43. The number of carbonyl (C=O) groups excluding carboxylic acids is 1. The van der Waals surface area contributed by atoms with E-state index >= 15 is 0 Å². The van der Waals surface area contributed by atoms with Gasteiger partial charge in [-0.25, -0.2) is 15.0 Å². The Bertz CT molecular complexity index is 581. The largest absolute Gasteiger partial charge is 0.297 e. The molecule has 2 aliphatic rings. The van der Waals surface area contributed by atoms with Gasteiger partial charge in [0.1, 0.15) is 5.69 Å². The van der Waals surface area contributed by atoms with Gasteiger partial charge in [-0.05, 0) is 18.2 Å². The Morgan fingerprint density at radius 2 is 2.06 bits per heavy atom. The molecule has 5 nitrogen and oxygen atoms in total. The lowest BCUT2D eigenvalue weighted by Gasteiger charge is -1.97. The van der Waals surface area contributed by atoms with Crippen molar-refractivity contribution in [2.45, 2.75) is 0 Å². The van der Waals surface area contributed by atoms with Gasteiger partial charge in [-0.3, -0.25) is 9.78 Å². The molecule has 0 bridgehead atoms. The molecule has 0 aromatic carbocycles. The maximum absolute atomic E-state index is 11.4. The smallest absolute Gasteiger partial charge is 0.265 e. The van der Waals surface area contributed by atoms with Crippen molar-refractivity contribution < 1.29 is 4.79 Å². The summed E-state index contributed by atoms with van der Waals surface area (Å²) in [5, 5.41) is 0. The normalized spacial score (nSPS) is 17.8. The zero-order valence-electron chi connectivity index (χ0n) is 8.16. The number of dihydropyridines is 1. The van der Waals surface area contributed by atoms with Crippen molar-refractivity contribution in [1.29, 1.82) is 0 Å². The lowest BCUT2D eigenvalue weighted by molar-refractivity contribution is -0.111. The molecule has 0 saturated heterocycles. The molecule has 3 heterocycles. The summed E-state index contributed by atoms with van der Waals surface area (Å²) < 4.78 is 0. The van der Waals surface area contributed by atoms with Gasteiger partial charge in [-0.2, -0.15) is 0 Å². The third kappa shape index (κ3) is 1.30. The fourth-order valence-corrected chi connectivity index (χ4v) is 1.48. The average molecular weight is 210 g/mol. The second-order valence-electron chi connectivity index (χ2n) is 3.25. The first-order chi connectivity index (χ1) is 7.84. The van der Waals surface area contributed by atoms with Crippen LogP contribution in [0.15, 0.2) is 51.1 Å². The molecule has 5 heteroatoms. The standard InChI is InChI=1S/C11H6N4O/c16-11-9-7(4-6-13-11)14-10(15-9)8-3-1-2-5-12-8/h1-6H. The van der Waals surface area contributed by atoms with Gasteiger partial charge in [-0.15, -0.1) is 0 Å². The zero-order chi connectivity index (χ0) is 11.0. The number of pyridine rings is 1. The number of rotatable bonds is 1. The summed E-state index contributed by atoms with van der Waals surface area (Å²) in [5.41, 5.74) is 1.50. The van der Waals surface area contributed by atoms with Gasteiger partial charge in [0.25, 0.3) is 5.91 Å². The summed E-state index contributed by atoms with van der Waals surface area (Å²) in [7, 11) is 0.